The number of aromatic nitrogens is 3. The van der Waals surface area contributed by atoms with Gasteiger partial charge in [0.15, 0.2) is 0 Å². The van der Waals surface area contributed by atoms with E-state index in [9.17, 15) is 9.59 Å². The Balaban J connectivity index is 1.28. The Kier molecular flexibility index (Phi) is 5.03. The number of H-pyrrole nitrogens is 1. The molecule has 3 aromatic heterocycles. The first-order chi connectivity index (χ1) is 15.1. The summed E-state index contributed by atoms with van der Waals surface area (Å²) in [6.07, 6.45) is 1.45. The number of nitrogens with one attached hydrogen (secondary N) is 1. The van der Waals surface area contributed by atoms with Crippen LogP contribution in [0.4, 0.5) is 0 Å². The Labute approximate surface area is 181 Å². The highest BCUT2D eigenvalue weighted by Gasteiger charge is 2.25. The fourth-order valence-corrected chi connectivity index (χ4v) is 4.56. The Morgan fingerprint density at radius 2 is 2.23 bits per heavy atom. The first-order valence-corrected chi connectivity index (χ1v) is 10.9. The number of fused-ring (bicyclic) bond motifs is 3. The van der Waals surface area contributed by atoms with Gasteiger partial charge in [0.25, 0.3) is 0 Å². The molecule has 4 aromatic rings. The van der Waals surface area contributed by atoms with Gasteiger partial charge in [-0.1, -0.05) is 11.2 Å². The third-order valence-corrected chi connectivity index (χ3v) is 6.38. The fourth-order valence-electron chi connectivity index (χ4n) is 3.91. The van der Waals surface area contributed by atoms with Crippen LogP contribution in [0.15, 0.2) is 40.2 Å². The van der Waals surface area contributed by atoms with Crippen LogP contribution in [0, 0.1) is 0 Å². The van der Waals surface area contributed by atoms with Crippen molar-refractivity contribution in [1.82, 2.24) is 20.0 Å². The number of aromatic amines is 1. The summed E-state index contributed by atoms with van der Waals surface area (Å²) in [5.41, 5.74) is 3.62. The van der Waals surface area contributed by atoms with Gasteiger partial charge in [-0.15, -0.1) is 11.3 Å². The average molecular weight is 436 g/mol. The van der Waals surface area contributed by atoms with E-state index < -0.39 is 0 Å². The zero-order valence-electron chi connectivity index (χ0n) is 16.9. The van der Waals surface area contributed by atoms with Crippen LogP contribution in [-0.4, -0.2) is 45.6 Å². The van der Waals surface area contributed by atoms with E-state index in [0.717, 1.165) is 33.5 Å². The molecule has 0 aliphatic carbocycles. The van der Waals surface area contributed by atoms with Crippen molar-refractivity contribution in [3.05, 3.63) is 58.4 Å². The first kappa shape index (κ1) is 19.5. The van der Waals surface area contributed by atoms with E-state index in [2.05, 4.69) is 15.1 Å². The second-order valence-electron chi connectivity index (χ2n) is 7.39. The maximum absolute atomic E-state index is 12.8. The van der Waals surface area contributed by atoms with Crippen LogP contribution < -0.4 is 0 Å². The number of amides is 1. The highest BCUT2D eigenvalue weighted by Crippen LogP contribution is 2.29. The van der Waals surface area contributed by atoms with Gasteiger partial charge >= 0.3 is 5.97 Å². The maximum Gasteiger partial charge on any atom is 0.337 e. The third-order valence-electron chi connectivity index (χ3n) is 5.51. The Hall–Kier alpha value is -3.46. The molecule has 8 nitrogen and oxygen atoms in total. The molecule has 158 valence electrons. The van der Waals surface area contributed by atoms with Gasteiger partial charge in [0, 0.05) is 54.5 Å². The highest BCUT2D eigenvalue weighted by atomic mass is 32.1. The van der Waals surface area contributed by atoms with Crippen molar-refractivity contribution >= 4 is 34.1 Å². The molecule has 0 saturated carbocycles. The summed E-state index contributed by atoms with van der Waals surface area (Å²) in [6.45, 7) is 1.15. The van der Waals surface area contributed by atoms with Crippen LogP contribution in [0.5, 0.6) is 0 Å². The lowest BCUT2D eigenvalue weighted by atomic mass is 10.0. The van der Waals surface area contributed by atoms with Crippen LogP contribution in [0.3, 0.4) is 0 Å². The summed E-state index contributed by atoms with van der Waals surface area (Å²) >= 11 is 1.54. The number of carbonyl (C=O) groups is 2. The molecule has 0 fully saturated rings. The van der Waals surface area contributed by atoms with Crippen LogP contribution in [0.1, 0.15) is 33.9 Å². The van der Waals surface area contributed by atoms with Crippen molar-refractivity contribution in [1.29, 1.82) is 0 Å². The Bertz CT molecular complexity index is 1260. The molecule has 0 atom stereocenters. The summed E-state index contributed by atoms with van der Waals surface area (Å²) < 4.78 is 10.1. The molecule has 5 rings (SSSR count). The lowest BCUT2D eigenvalue weighted by Crippen LogP contribution is -2.35. The lowest BCUT2D eigenvalue weighted by Gasteiger charge is -2.27. The number of thiophene rings is 1. The number of methoxy groups -OCH3 is 1. The zero-order chi connectivity index (χ0) is 21.4. The molecule has 0 radical (unpaired) electrons. The number of carbonyl (C=O) groups excluding carboxylic acids is 2. The Morgan fingerprint density at radius 1 is 1.32 bits per heavy atom. The van der Waals surface area contributed by atoms with Crippen molar-refractivity contribution < 1.29 is 18.8 Å². The van der Waals surface area contributed by atoms with Gasteiger partial charge in [-0.2, -0.15) is 4.98 Å². The minimum atomic E-state index is -0.373. The minimum Gasteiger partial charge on any atom is -0.465 e. The molecule has 1 amide bonds. The average Bonchev–Trinajstić information content (AvgIpc) is 3.55. The second-order valence-corrected chi connectivity index (χ2v) is 8.34. The summed E-state index contributed by atoms with van der Waals surface area (Å²) in [6, 6.07) is 9.32. The van der Waals surface area contributed by atoms with Crippen LogP contribution in [0.25, 0.3) is 21.6 Å². The van der Waals surface area contributed by atoms with E-state index in [0.29, 0.717) is 43.2 Å². The summed E-state index contributed by atoms with van der Waals surface area (Å²) in [5, 5.41) is 6.90. The van der Waals surface area contributed by atoms with Gasteiger partial charge in [-0.25, -0.2) is 4.79 Å². The monoisotopic (exact) mass is 436 g/mol. The van der Waals surface area contributed by atoms with Crippen LogP contribution in [0.2, 0.25) is 0 Å². The van der Waals surface area contributed by atoms with Gasteiger partial charge in [0.1, 0.15) is 0 Å². The first-order valence-electron chi connectivity index (χ1n) is 9.98. The number of benzene rings is 1. The van der Waals surface area contributed by atoms with Gasteiger partial charge in [0.2, 0.25) is 17.6 Å². The van der Waals surface area contributed by atoms with E-state index in [1.165, 1.54) is 7.11 Å². The quantitative estimate of drug-likeness (QED) is 0.480. The predicted octanol–water partition coefficient (Wildman–Crippen LogP) is 3.58. The molecule has 0 spiro atoms. The van der Waals surface area contributed by atoms with E-state index >= 15 is 0 Å². The molecule has 31 heavy (non-hydrogen) atoms. The lowest BCUT2D eigenvalue weighted by molar-refractivity contribution is -0.132. The normalized spacial score (nSPS) is 13.4. The molecule has 0 bridgehead atoms. The molecule has 0 unspecified atom stereocenters. The molecule has 1 aromatic carbocycles. The number of hydrogen-bond acceptors (Lipinski definition) is 7. The van der Waals surface area contributed by atoms with Crippen molar-refractivity contribution in [2.75, 3.05) is 13.7 Å². The van der Waals surface area contributed by atoms with Gasteiger partial charge in [0.05, 0.1) is 17.6 Å². The molecule has 1 aliphatic rings. The van der Waals surface area contributed by atoms with Crippen LogP contribution >= 0.6 is 11.3 Å². The highest BCUT2D eigenvalue weighted by molar-refractivity contribution is 7.13. The topological polar surface area (TPSA) is 101 Å². The third kappa shape index (κ3) is 3.72. The van der Waals surface area contributed by atoms with E-state index in [1.54, 1.807) is 17.4 Å². The van der Waals surface area contributed by atoms with E-state index in [4.69, 9.17) is 9.26 Å². The summed E-state index contributed by atoms with van der Waals surface area (Å²) in [7, 11) is 1.37. The van der Waals surface area contributed by atoms with Crippen LogP contribution in [-0.2, 0) is 28.9 Å². The molecular formula is C22H20N4O4S. The number of esters is 1. The molecule has 1 aliphatic heterocycles. The second kappa shape index (κ2) is 7.99. The standard InChI is InChI=1S/C22H20N4O4S/c1-29-22(28)13-4-5-16-14(11-13)15-12-26(9-8-17(15)23-16)20(27)7-6-19-24-21(25-30-19)18-3-2-10-31-18/h2-5,10-11,23H,6-9,12H2,1H3. The van der Waals surface area contributed by atoms with Gasteiger partial charge in [-0.3, -0.25) is 4.79 Å². The van der Waals surface area contributed by atoms with Crippen molar-refractivity contribution in [2.24, 2.45) is 0 Å². The van der Waals surface area contributed by atoms with E-state index in [-0.39, 0.29) is 11.9 Å². The van der Waals surface area contributed by atoms with E-state index in [1.807, 2.05) is 34.5 Å². The smallest absolute Gasteiger partial charge is 0.337 e. The van der Waals surface area contributed by atoms with Gasteiger partial charge < -0.3 is 19.1 Å². The molecular weight excluding hydrogens is 416 g/mol. The number of hydrogen-bond donors (Lipinski definition) is 1. The predicted molar refractivity (Wildman–Crippen MR) is 115 cm³/mol. The Morgan fingerprint density at radius 3 is 3.03 bits per heavy atom. The molecule has 9 heteroatoms. The summed E-state index contributed by atoms with van der Waals surface area (Å²) in [5.74, 6) is 0.687. The van der Waals surface area contributed by atoms with Gasteiger partial charge in [-0.05, 0) is 29.6 Å². The minimum absolute atomic E-state index is 0.0417. The number of aryl methyl sites for hydroxylation is 1. The van der Waals surface area contributed by atoms with Crippen molar-refractivity contribution in [2.45, 2.75) is 25.8 Å². The number of ether oxygens (including phenoxy) is 1. The number of nitrogens with zero attached hydrogens (tertiary/aromatic N) is 3. The summed E-state index contributed by atoms with van der Waals surface area (Å²) in [4.78, 5) is 35.3. The van der Waals surface area contributed by atoms with Crippen molar-refractivity contribution in [3.8, 4) is 10.7 Å². The zero-order valence-corrected chi connectivity index (χ0v) is 17.7. The maximum atomic E-state index is 12.8. The largest absolute Gasteiger partial charge is 0.465 e. The molecule has 4 heterocycles. The van der Waals surface area contributed by atoms with Crippen molar-refractivity contribution in [3.63, 3.8) is 0 Å². The SMILES string of the molecule is COC(=O)c1ccc2[nH]c3c(c2c1)CN(C(=O)CCc1nc(-c2cccs2)no1)CC3. The molecule has 1 N–H and O–H groups in total. The fraction of sp³-hybridized carbons (Fsp3) is 0.273. The molecule has 0 saturated heterocycles. The number of rotatable bonds is 5.